The first kappa shape index (κ1) is 17.6. The minimum atomic E-state index is -0.796. The van der Waals surface area contributed by atoms with E-state index in [0.29, 0.717) is 5.16 Å². The molecule has 1 amide bonds. The number of aryl methyl sites for hydroxylation is 2. The van der Waals surface area contributed by atoms with Gasteiger partial charge in [-0.1, -0.05) is 11.8 Å². The summed E-state index contributed by atoms with van der Waals surface area (Å²) in [6.45, 7) is 1.78. The molecule has 8 heteroatoms. The molecule has 1 saturated carbocycles. The fourth-order valence-electron chi connectivity index (χ4n) is 3.57. The largest absolute Gasteiger partial charge is 0.337 e. The smallest absolute Gasteiger partial charge is 0.262 e. The van der Waals surface area contributed by atoms with Gasteiger partial charge in [0.2, 0.25) is 5.91 Å². The van der Waals surface area contributed by atoms with Gasteiger partial charge in [0.1, 0.15) is 10.4 Å². The number of carbonyl (C=O) groups excluding carboxylic acids is 1. The number of nitriles is 1. The Bertz CT molecular complexity index is 999. The predicted octanol–water partition coefficient (Wildman–Crippen LogP) is 2.38. The molecule has 6 nitrogen and oxygen atoms in total. The van der Waals surface area contributed by atoms with Gasteiger partial charge in [0.25, 0.3) is 5.56 Å². The highest BCUT2D eigenvalue weighted by Crippen LogP contribution is 2.39. The molecule has 1 fully saturated rings. The van der Waals surface area contributed by atoms with Crippen molar-refractivity contribution >= 4 is 39.2 Å². The molecule has 0 radical (unpaired) electrons. The third-order valence-corrected chi connectivity index (χ3v) is 7.48. The number of thiophene rings is 1. The summed E-state index contributed by atoms with van der Waals surface area (Å²) in [5, 5.41) is 13.5. The van der Waals surface area contributed by atoms with Gasteiger partial charge < -0.3 is 5.32 Å². The Morgan fingerprint density at radius 2 is 2.27 bits per heavy atom. The molecule has 0 bridgehead atoms. The van der Waals surface area contributed by atoms with Gasteiger partial charge in [0.15, 0.2) is 5.16 Å². The monoisotopic (exact) mass is 388 g/mol. The summed E-state index contributed by atoms with van der Waals surface area (Å²) in [5.74, 6) is 0.184. The van der Waals surface area contributed by atoms with Crippen LogP contribution in [0, 0.1) is 17.2 Å². The maximum atomic E-state index is 12.8. The molecule has 0 aromatic carbocycles. The van der Waals surface area contributed by atoms with Crippen LogP contribution in [-0.4, -0.2) is 26.8 Å². The summed E-state index contributed by atoms with van der Waals surface area (Å²) < 4.78 is 1.54. The van der Waals surface area contributed by atoms with Crippen LogP contribution in [0.1, 0.15) is 36.6 Å². The van der Waals surface area contributed by atoms with E-state index in [-0.39, 0.29) is 23.1 Å². The summed E-state index contributed by atoms with van der Waals surface area (Å²) in [4.78, 5) is 31.8. The minimum absolute atomic E-state index is 0.0304. The fourth-order valence-corrected chi connectivity index (χ4v) is 5.65. The molecule has 0 aliphatic heterocycles. The number of carbonyl (C=O) groups is 1. The quantitative estimate of drug-likeness (QED) is 0.628. The molecular formula is C18H20N4O2S2. The van der Waals surface area contributed by atoms with Crippen LogP contribution in [0.25, 0.3) is 10.2 Å². The zero-order valence-electron chi connectivity index (χ0n) is 14.8. The van der Waals surface area contributed by atoms with Crippen molar-refractivity contribution in [1.82, 2.24) is 14.9 Å². The van der Waals surface area contributed by atoms with Crippen LogP contribution in [0.15, 0.2) is 9.95 Å². The van der Waals surface area contributed by atoms with E-state index in [1.54, 1.807) is 25.3 Å². The van der Waals surface area contributed by atoms with E-state index in [4.69, 9.17) is 0 Å². The van der Waals surface area contributed by atoms with E-state index in [0.717, 1.165) is 42.3 Å². The summed E-state index contributed by atoms with van der Waals surface area (Å²) in [5.41, 5.74) is 0.342. The Morgan fingerprint density at radius 3 is 2.96 bits per heavy atom. The number of aromatic nitrogens is 2. The van der Waals surface area contributed by atoms with E-state index < -0.39 is 5.54 Å². The molecule has 2 aromatic heterocycles. The maximum absolute atomic E-state index is 12.8. The highest BCUT2D eigenvalue weighted by atomic mass is 32.2. The van der Waals surface area contributed by atoms with E-state index in [1.165, 1.54) is 26.8 Å². The van der Waals surface area contributed by atoms with Crippen LogP contribution >= 0.6 is 23.1 Å². The SMILES string of the molecule is Cn1c(SCC(=O)N[C@@](C)(C#N)C2CC2)nc2sc3c(c2c1=O)CCC3. The first-order valence-electron chi connectivity index (χ1n) is 8.79. The third kappa shape index (κ3) is 2.93. The first-order valence-corrected chi connectivity index (χ1v) is 10.6. The average molecular weight is 389 g/mol. The topological polar surface area (TPSA) is 87.8 Å². The van der Waals surface area contributed by atoms with Gasteiger partial charge in [0.05, 0.1) is 17.2 Å². The molecule has 2 aliphatic rings. The molecule has 26 heavy (non-hydrogen) atoms. The van der Waals surface area contributed by atoms with Crippen LogP contribution in [0.4, 0.5) is 0 Å². The number of rotatable bonds is 5. The number of amides is 1. The Balaban J connectivity index is 1.53. The zero-order valence-corrected chi connectivity index (χ0v) is 16.4. The van der Waals surface area contributed by atoms with Crippen LogP contribution in [0.5, 0.6) is 0 Å². The normalized spacial score (nSPS) is 18.3. The number of hydrogen-bond donors (Lipinski definition) is 1. The van der Waals surface area contributed by atoms with Crippen LogP contribution in [0.2, 0.25) is 0 Å². The number of nitrogens with one attached hydrogen (secondary N) is 1. The fraction of sp³-hybridized carbons (Fsp3) is 0.556. The highest BCUT2D eigenvalue weighted by molar-refractivity contribution is 7.99. The van der Waals surface area contributed by atoms with Crippen LogP contribution < -0.4 is 10.9 Å². The van der Waals surface area contributed by atoms with Gasteiger partial charge in [-0.3, -0.25) is 14.2 Å². The summed E-state index contributed by atoms with van der Waals surface area (Å²) in [6.07, 6.45) is 5.05. The van der Waals surface area contributed by atoms with Crippen molar-refractivity contribution in [3.8, 4) is 6.07 Å². The maximum Gasteiger partial charge on any atom is 0.262 e. The van der Waals surface area contributed by atoms with E-state index in [2.05, 4.69) is 16.4 Å². The lowest BCUT2D eigenvalue weighted by atomic mass is 9.98. The van der Waals surface area contributed by atoms with Crippen molar-refractivity contribution in [3.63, 3.8) is 0 Å². The summed E-state index contributed by atoms with van der Waals surface area (Å²) in [6, 6.07) is 2.23. The molecule has 2 aromatic rings. The number of thioether (sulfide) groups is 1. The minimum Gasteiger partial charge on any atom is -0.337 e. The van der Waals surface area contributed by atoms with Crippen molar-refractivity contribution in [1.29, 1.82) is 5.26 Å². The number of nitrogens with zero attached hydrogens (tertiary/aromatic N) is 3. The molecule has 2 heterocycles. The molecule has 2 aliphatic carbocycles. The first-order chi connectivity index (χ1) is 12.4. The standard InChI is InChI=1S/C18H20N4O2S2/c1-18(9-19,10-6-7-10)21-13(23)8-25-17-20-15-14(16(24)22(17)2)11-4-3-5-12(11)26-15/h10H,3-8H2,1-2H3,(H,21,23)/t18-/m0/s1. The van der Waals surface area contributed by atoms with E-state index in [1.807, 2.05) is 0 Å². The molecular weight excluding hydrogens is 368 g/mol. The lowest BCUT2D eigenvalue weighted by Gasteiger charge is -2.22. The van der Waals surface area contributed by atoms with Crippen molar-refractivity contribution < 1.29 is 4.79 Å². The molecule has 4 rings (SSSR count). The van der Waals surface area contributed by atoms with Gasteiger partial charge in [0, 0.05) is 11.9 Å². The number of hydrogen-bond acceptors (Lipinski definition) is 6. The second kappa shape index (κ2) is 6.39. The average Bonchev–Trinajstić information content (AvgIpc) is 3.29. The Hall–Kier alpha value is -1.85. The summed E-state index contributed by atoms with van der Waals surface area (Å²) >= 11 is 2.85. The van der Waals surface area contributed by atoms with Gasteiger partial charge in [-0.25, -0.2) is 4.98 Å². The zero-order chi connectivity index (χ0) is 18.5. The van der Waals surface area contributed by atoms with Gasteiger partial charge in [-0.05, 0) is 50.5 Å². The second-order valence-corrected chi connectivity index (χ2v) is 9.25. The molecule has 1 N–H and O–H groups in total. The Morgan fingerprint density at radius 1 is 1.50 bits per heavy atom. The lowest BCUT2D eigenvalue weighted by Crippen LogP contribution is -2.47. The lowest BCUT2D eigenvalue weighted by molar-refractivity contribution is -0.119. The van der Waals surface area contributed by atoms with Gasteiger partial charge in [-0.15, -0.1) is 11.3 Å². The summed E-state index contributed by atoms with van der Waals surface area (Å²) in [7, 11) is 1.71. The number of fused-ring (bicyclic) bond motifs is 3. The van der Waals surface area contributed by atoms with Crippen LogP contribution in [0.3, 0.4) is 0 Å². The molecule has 0 spiro atoms. The molecule has 1 atom stereocenters. The van der Waals surface area contributed by atoms with Crippen LogP contribution in [-0.2, 0) is 24.7 Å². The highest BCUT2D eigenvalue weighted by Gasteiger charge is 2.43. The van der Waals surface area contributed by atoms with Crippen molar-refractivity contribution in [2.45, 2.75) is 49.7 Å². The Kier molecular flexibility index (Phi) is 4.32. The molecule has 0 unspecified atom stereocenters. The Labute approximate surface area is 159 Å². The van der Waals surface area contributed by atoms with Crippen molar-refractivity contribution in [2.24, 2.45) is 13.0 Å². The predicted molar refractivity (Wildman–Crippen MR) is 102 cm³/mol. The molecule has 0 saturated heterocycles. The third-order valence-electron chi connectivity index (χ3n) is 5.26. The van der Waals surface area contributed by atoms with Crippen molar-refractivity contribution in [2.75, 3.05) is 5.75 Å². The van der Waals surface area contributed by atoms with Gasteiger partial charge in [-0.2, -0.15) is 5.26 Å². The van der Waals surface area contributed by atoms with E-state index in [9.17, 15) is 14.9 Å². The van der Waals surface area contributed by atoms with Crippen molar-refractivity contribution in [3.05, 3.63) is 20.8 Å². The molecule has 136 valence electrons. The van der Waals surface area contributed by atoms with E-state index >= 15 is 0 Å². The second-order valence-electron chi connectivity index (χ2n) is 7.22. The van der Waals surface area contributed by atoms with Gasteiger partial charge >= 0.3 is 0 Å².